The quantitative estimate of drug-likeness (QED) is 0.120. The van der Waals surface area contributed by atoms with Crippen LogP contribution in [0, 0.1) is 5.82 Å². The standard InChI is InChI=1S/C39H27FN4O5S/c40-30-14-5-4-11-26(30)21-32(42-36(46)24-9-2-1-3-10-24)37(47)41-27-12-8-13-29(22-27)50-34-23-35(45)44(39(34)48)28-19-17-25(18-20-28)38-43-31-15-6-7-16-33(31)49-38/h1-22,34H,23H2,(H,41,47)(H,42,46)/b32-21+/t34-/m0/s1. The van der Waals surface area contributed by atoms with Gasteiger partial charge in [-0.2, -0.15) is 0 Å². The van der Waals surface area contributed by atoms with Gasteiger partial charge in [0, 0.05) is 33.7 Å². The van der Waals surface area contributed by atoms with Crippen molar-refractivity contribution in [1.82, 2.24) is 10.3 Å². The summed E-state index contributed by atoms with van der Waals surface area (Å²) in [6, 6.07) is 35.3. The Morgan fingerprint density at radius 3 is 2.38 bits per heavy atom. The van der Waals surface area contributed by atoms with Gasteiger partial charge < -0.3 is 15.1 Å². The van der Waals surface area contributed by atoms with E-state index in [0.29, 0.717) is 38.9 Å². The minimum atomic E-state index is -0.688. The molecule has 0 spiro atoms. The molecule has 0 radical (unpaired) electrons. The van der Waals surface area contributed by atoms with Gasteiger partial charge in [0.1, 0.15) is 17.0 Å². The molecular weight excluding hydrogens is 656 g/mol. The molecule has 2 heterocycles. The van der Waals surface area contributed by atoms with E-state index in [1.165, 1.54) is 40.9 Å². The van der Waals surface area contributed by atoms with E-state index in [9.17, 15) is 23.6 Å². The van der Waals surface area contributed by atoms with Gasteiger partial charge in [-0.3, -0.25) is 19.2 Å². The van der Waals surface area contributed by atoms with Crippen LogP contribution >= 0.6 is 11.8 Å². The predicted octanol–water partition coefficient (Wildman–Crippen LogP) is 7.47. The van der Waals surface area contributed by atoms with Gasteiger partial charge >= 0.3 is 0 Å². The van der Waals surface area contributed by atoms with Crippen LogP contribution in [0.1, 0.15) is 22.3 Å². The Balaban J connectivity index is 1.05. The number of fused-ring (bicyclic) bond motifs is 1. The monoisotopic (exact) mass is 682 g/mol. The van der Waals surface area contributed by atoms with Gasteiger partial charge in [0.2, 0.25) is 17.7 Å². The van der Waals surface area contributed by atoms with Crippen LogP contribution in [0.15, 0.2) is 142 Å². The van der Waals surface area contributed by atoms with E-state index in [4.69, 9.17) is 4.42 Å². The van der Waals surface area contributed by atoms with Crippen molar-refractivity contribution in [3.63, 3.8) is 0 Å². The Hall–Kier alpha value is -6.33. The summed E-state index contributed by atoms with van der Waals surface area (Å²) in [5.41, 5.74) is 3.18. The number of benzene rings is 5. The highest BCUT2D eigenvalue weighted by Crippen LogP contribution is 2.36. The van der Waals surface area contributed by atoms with Crippen LogP contribution in [-0.2, 0) is 14.4 Å². The number of imide groups is 1. The fourth-order valence-electron chi connectivity index (χ4n) is 5.42. The van der Waals surface area contributed by atoms with E-state index >= 15 is 0 Å². The molecule has 1 aliphatic rings. The average molecular weight is 683 g/mol. The molecule has 1 atom stereocenters. The predicted molar refractivity (Wildman–Crippen MR) is 190 cm³/mol. The molecule has 11 heteroatoms. The van der Waals surface area contributed by atoms with Crippen molar-refractivity contribution in [3.05, 3.63) is 150 Å². The number of nitrogens with zero attached hydrogens (tertiary/aromatic N) is 2. The largest absolute Gasteiger partial charge is 0.436 e. The second-order valence-corrected chi connectivity index (χ2v) is 12.6. The molecule has 2 N–H and O–H groups in total. The highest BCUT2D eigenvalue weighted by molar-refractivity contribution is 8.00. The van der Waals surface area contributed by atoms with Crippen molar-refractivity contribution in [2.24, 2.45) is 0 Å². The Morgan fingerprint density at radius 1 is 0.860 bits per heavy atom. The van der Waals surface area contributed by atoms with E-state index in [1.807, 2.05) is 24.3 Å². The first kappa shape index (κ1) is 32.2. The van der Waals surface area contributed by atoms with Crippen LogP contribution in [0.3, 0.4) is 0 Å². The summed E-state index contributed by atoms with van der Waals surface area (Å²) < 4.78 is 20.3. The molecule has 5 aromatic carbocycles. The van der Waals surface area contributed by atoms with Crippen molar-refractivity contribution in [3.8, 4) is 11.5 Å². The number of oxazole rings is 1. The maximum Gasteiger partial charge on any atom is 0.272 e. The third-order valence-corrected chi connectivity index (χ3v) is 9.05. The zero-order valence-electron chi connectivity index (χ0n) is 26.2. The Kier molecular flexibility index (Phi) is 9.04. The summed E-state index contributed by atoms with van der Waals surface area (Å²) in [7, 11) is 0. The van der Waals surface area contributed by atoms with Crippen LogP contribution in [0.2, 0.25) is 0 Å². The summed E-state index contributed by atoms with van der Waals surface area (Å²) in [5, 5.41) is 4.66. The van der Waals surface area contributed by atoms with Gasteiger partial charge in [0.05, 0.1) is 10.9 Å². The summed E-state index contributed by atoms with van der Waals surface area (Å²) in [4.78, 5) is 59.2. The van der Waals surface area contributed by atoms with Crippen LogP contribution < -0.4 is 15.5 Å². The molecule has 6 aromatic rings. The number of amides is 4. The number of carbonyl (C=O) groups is 4. The fourth-order valence-corrected chi connectivity index (χ4v) is 6.53. The Bertz CT molecular complexity index is 2250. The topological polar surface area (TPSA) is 122 Å². The zero-order chi connectivity index (χ0) is 34.6. The summed E-state index contributed by atoms with van der Waals surface area (Å²) in [5.74, 6) is -2.03. The molecule has 0 aliphatic carbocycles. The van der Waals surface area contributed by atoms with Crippen LogP contribution in [0.5, 0.6) is 0 Å². The number of rotatable bonds is 9. The molecule has 7 rings (SSSR count). The number of aromatic nitrogens is 1. The maximum absolute atomic E-state index is 14.5. The lowest BCUT2D eigenvalue weighted by Crippen LogP contribution is -2.31. The second-order valence-electron chi connectivity index (χ2n) is 11.3. The molecule has 50 heavy (non-hydrogen) atoms. The minimum absolute atomic E-state index is 0.00594. The lowest BCUT2D eigenvalue weighted by molar-refractivity contribution is -0.121. The highest BCUT2D eigenvalue weighted by Gasteiger charge is 2.40. The second kappa shape index (κ2) is 14.0. The number of hydrogen-bond donors (Lipinski definition) is 2. The van der Waals surface area contributed by atoms with Crippen LogP contribution in [0.4, 0.5) is 15.8 Å². The van der Waals surface area contributed by atoms with Crippen molar-refractivity contribution < 1.29 is 28.0 Å². The van der Waals surface area contributed by atoms with E-state index in [0.717, 1.165) is 5.52 Å². The Morgan fingerprint density at radius 2 is 1.60 bits per heavy atom. The number of thioether (sulfide) groups is 1. The van der Waals surface area contributed by atoms with Crippen molar-refractivity contribution in [1.29, 1.82) is 0 Å². The summed E-state index contributed by atoms with van der Waals surface area (Å²) in [6.07, 6.45) is 1.26. The molecule has 1 aliphatic heterocycles. The first-order valence-electron chi connectivity index (χ1n) is 15.6. The van der Waals surface area contributed by atoms with Gasteiger partial charge in [0.25, 0.3) is 11.8 Å². The van der Waals surface area contributed by atoms with Gasteiger partial charge in [0.15, 0.2) is 5.58 Å². The molecular formula is C39H27FN4O5S. The van der Waals surface area contributed by atoms with Gasteiger partial charge in [-0.25, -0.2) is 14.3 Å². The molecule has 1 aromatic heterocycles. The highest BCUT2D eigenvalue weighted by atomic mass is 32.2. The number of hydrogen-bond acceptors (Lipinski definition) is 7. The molecule has 0 saturated carbocycles. The van der Waals surface area contributed by atoms with Crippen LogP contribution in [-0.4, -0.2) is 33.9 Å². The van der Waals surface area contributed by atoms with Gasteiger partial charge in [-0.1, -0.05) is 54.6 Å². The molecule has 1 fully saturated rings. The fraction of sp³-hybridized carbons (Fsp3) is 0.0513. The lowest BCUT2D eigenvalue weighted by atomic mass is 10.1. The zero-order valence-corrected chi connectivity index (χ0v) is 27.0. The SMILES string of the molecule is O=C(Nc1cccc(S[C@H]2CC(=O)N(c3ccc(-c4nc5ccccc5o4)cc3)C2=O)c1)/C(=C\c1ccccc1F)NC(=O)c1ccccc1. The number of anilines is 2. The molecule has 4 amide bonds. The maximum atomic E-state index is 14.5. The number of carbonyl (C=O) groups excluding carboxylic acids is 4. The summed E-state index contributed by atoms with van der Waals surface area (Å²) >= 11 is 1.20. The molecule has 0 bridgehead atoms. The van der Waals surface area contributed by atoms with Gasteiger partial charge in [-0.15, -0.1) is 11.8 Å². The van der Waals surface area contributed by atoms with E-state index in [2.05, 4.69) is 15.6 Å². The molecule has 9 nitrogen and oxygen atoms in total. The molecule has 1 saturated heterocycles. The van der Waals surface area contributed by atoms with Crippen molar-refractivity contribution in [2.45, 2.75) is 16.6 Å². The number of nitrogens with one attached hydrogen (secondary N) is 2. The summed E-state index contributed by atoms with van der Waals surface area (Å²) in [6.45, 7) is 0. The first-order chi connectivity index (χ1) is 24.3. The number of para-hydroxylation sites is 2. The van der Waals surface area contributed by atoms with Crippen molar-refractivity contribution >= 4 is 63.9 Å². The molecule has 246 valence electrons. The Labute approximate surface area is 289 Å². The number of halogens is 1. The van der Waals surface area contributed by atoms with E-state index in [1.54, 1.807) is 84.9 Å². The third kappa shape index (κ3) is 6.94. The smallest absolute Gasteiger partial charge is 0.272 e. The van der Waals surface area contributed by atoms with E-state index in [-0.39, 0.29) is 29.5 Å². The molecule has 0 unspecified atom stereocenters. The lowest BCUT2D eigenvalue weighted by Gasteiger charge is -2.15. The minimum Gasteiger partial charge on any atom is -0.436 e. The van der Waals surface area contributed by atoms with E-state index < -0.39 is 22.9 Å². The third-order valence-electron chi connectivity index (χ3n) is 7.88. The normalized spacial score (nSPS) is 14.6. The average Bonchev–Trinajstić information content (AvgIpc) is 3.69. The van der Waals surface area contributed by atoms with Crippen molar-refractivity contribution in [2.75, 3.05) is 10.2 Å². The first-order valence-corrected chi connectivity index (χ1v) is 16.4. The van der Waals surface area contributed by atoms with Gasteiger partial charge in [-0.05, 0) is 78.9 Å². The van der Waals surface area contributed by atoms with Crippen LogP contribution in [0.25, 0.3) is 28.6 Å².